The Hall–Kier alpha value is -3.47. The highest BCUT2D eigenvalue weighted by molar-refractivity contribution is 5.69. The van der Waals surface area contributed by atoms with Gasteiger partial charge in [0.05, 0.1) is 19.6 Å². The minimum absolute atomic E-state index is 0.0739. The third kappa shape index (κ3) is 6.16. The SMILES string of the molecule is CCC(CC)COc1ccc(-c2cccc(COc3ccc4c(c3)OCC4CC(=O)O)c2)c(C)c1. The zero-order valence-electron chi connectivity index (χ0n) is 20.8. The summed E-state index contributed by atoms with van der Waals surface area (Å²) in [5, 5.41) is 9.08. The van der Waals surface area contributed by atoms with Crippen molar-refractivity contribution in [3.63, 3.8) is 0 Å². The molecule has 3 aromatic rings. The molecule has 0 aliphatic carbocycles. The zero-order chi connectivity index (χ0) is 24.8. The lowest BCUT2D eigenvalue weighted by Crippen LogP contribution is -2.10. The van der Waals surface area contributed by atoms with Crippen LogP contribution in [0.5, 0.6) is 17.2 Å². The molecule has 0 saturated heterocycles. The predicted molar refractivity (Wildman–Crippen MR) is 137 cm³/mol. The lowest BCUT2D eigenvalue weighted by Gasteiger charge is -2.15. The van der Waals surface area contributed by atoms with Crippen LogP contribution in [0.1, 0.15) is 55.7 Å². The van der Waals surface area contributed by atoms with Crippen molar-refractivity contribution in [2.24, 2.45) is 5.92 Å². The minimum Gasteiger partial charge on any atom is -0.493 e. The molecule has 35 heavy (non-hydrogen) atoms. The largest absolute Gasteiger partial charge is 0.493 e. The summed E-state index contributed by atoms with van der Waals surface area (Å²) < 4.78 is 17.8. The second kappa shape index (κ2) is 11.3. The van der Waals surface area contributed by atoms with Crippen LogP contribution in [0.4, 0.5) is 0 Å². The maximum Gasteiger partial charge on any atom is 0.304 e. The van der Waals surface area contributed by atoms with E-state index in [1.54, 1.807) is 0 Å². The van der Waals surface area contributed by atoms with Gasteiger partial charge in [-0.25, -0.2) is 0 Å². The summed E-state index contributed by atoms with van der Waals surface area (Å²) in [6, 6.07) is 20.3. The molecule has 3 aromatic carbocycles. The molecule has 1 heterocycles. The number of fused-ring (bicyclic) bond motifs is 1. The van der Waals surface area contributed by atoms with Crippen LogP contribution in [0.25, 0.3) is 11.1 Å². The highest BCUT2D eigenvalue weighted by Crippen LogP contribution is 2.38. The predicted octanol–water partition coefficient (Wildman–Crippen LogP) is 7.01. The van der Waals surface area contributed by atoms with Gasteiger partial charge in [0.1, 0.15) is 23.9 Å². The molecule has 0 spiro atoms. The molecule has 5 heteroatoms. The monoisotopic (exact) mass is 474 g/mol. The standard InChI is InChI=1S/C30H34O5/c1-4-21(5-2)17-33-25-9-11-27(20(3)13-25)23-8-6-7-22(14-23)18-34-26-10-12-28-24(15-30(31)32)19-35-29(28)16-26/h6-14,16,21,24H,4-5,15,17-19H2,1-3H3,(H,31,32). The van der Waals surface area contributed by atoms with Crippen molar-refractivity contribution >= 4 is 5.97 Å². The lowest BCUT2D eigenvalue weighted by atomic mass is 9.98. The highest BCUT2D eigenvalue weighted by Gasteiger charge is 2.26. The van der Waals surface area contributed by atoms with E-state index in [2.05, 4.69) is 57.2 Å². The first kappa shape index (κ1) is 24.6. The molecule has 1 aliphatic rings. The Kier molecular flexibility index (Phi) is 7.96. The van der Waals surface area contributed by atoms with Gasteiger partial charge in [0.15, 0.2) is 0 Å². The molecule has 0 amide bonds. The Labute approximate surface area is 207 Å². The summed E-state index contributed by atoms with van der Waals surface area (Å²) >= 11 is 0. The van der Waals surface area contributed by atoms with E-state index < -0.39 is 5.97 Å². The number of ether oxygens (including phenoxy) is 3. The molecule has 0 saturated carbocycles. The fourth-order valence-corrected chi connectivity index (χ4v) is 4.51. The number of rotatable bonds is 11. The molecule has 1 atom stereocenters. The van der Waals surface area contributed by atoms with Crippen molar-refractivity contribution in [3.8, 4) is 28.4 Å². The van der Waals surface area contributed by atoms with Crippen molar-refractivity contribution in [1.82, 2.24) is 0 Å². The Morgan fingerprint density at radius 2 is 1.80 bits per heavy atom. The van der Waals surface area contributed by atoms with E-state index >= 15 is 0 Å². The van der Waals surface area contributed by atoms with Gasteiger partial charge >= 0.3 is 5.97 Å². The second-order valence-corrected chi connectivity index (χ2v) is 9.26. The van der Waals surface area contributed by atoms with Crippen LogP contribution in [0.15, 0.2) is 60.7 Å². The molecule has 4 rings (SSSR count). The number of aliphatic carboxylic acids is 1. The summed E-state index contributed by atoms with van der Waals surface area (Å²) in [6.07, 6.45) is 2.34. The Morgan fingerprint density at radius 1 is 1.03 bits per heavy atom. The van der Waals surface area contributed by atoms with Crippen LogP contribution in [0, 0.1) is 12.8 Å². The van der Waals surface area contributed by atoms with Gasteiger partial charge in [-0.1, -0.05) is 57.0 Å². The Bertz CT molecular complexity index is 1170. The summed E-state index contributed by atoms with van der Waals surface area (Å²) in [5.74, 6) is 2.01. The van der Waals surface area contributed by atoms with Crippen molar-refractivity contribution < 1.29 is 24.1 Å². The van der Waals surface area contributed by atoms with Crippen LogP contribution in [-0.2, 0) is 11.4 Å². The highest BCUT2D eigenvalue weighted by atomic mass is 16.5. The first-order valence-corrected chi connectivity index (χ1v) is 12.4. The van der Waals surface area contributed by atoms with Gasteiger partial charge in [0, 0.05) is 17.5 Å². The summed E-state index contributed by atoms with van der Waals surface area (Å²) in [6.45, 7) is 8.11. The zero-order valence-corrected chi connectivity index (χ0v) is 20.8. The summed E-state index contributed by atoms with van der Waals surface area (Å²) in [4.78, 5) is 11.0. The molecule has 5 nitrogen and oxygen atoms in total. The summed E-state index contributed by atoms with van der Waals surface area (Å²) in [7, 11) is 0. The van der Waals surface area contributed by atoms with Crippen LogP contribution in [0.2, 0.25) is 0 Å². The maximum absolute atomic E-state index is 11.0. The Balaban J connectivity index is 1.40. The van der Waals surface area contributed by atoms with E-state index in [9.17, 15) is 4.79 Å². The molecule has 0 fully saturated rings. The fourth-order valence-electron chi connectivity index (χ4n) is 4.51. The normalized spacial score (nSPS) is 14.5. The van der Waals surface area contributed by atoms with E-state index in [0.29, 0.717) is 30.6 Å². The number of aryl methyl sites for hydroxylation is 1. The van der Waals surface area contributed by atoms with Crippen LogP contribution >= 0.6 is 0 Å². The van der Waals surface area contributed by atoms with E-state index in [4.69, 9.17) is 19.3 Å². The van der Waals surface area contributed by atoms with Crippen molar-refractivity contribution in [2.45, 2.75) is 52.6 Å². The average molecular weight is 475 g/mol. The number of carboxylic acids is 1. The van der Waals surface area contributed by atoms with Gasteiger partial charge in [0.2, 0.25) is 0 Å². The first-order valence-electron chi connectivity index (χ1n) is 12.4. The number of carbonyl (C=O) groups is 1. The van der Waals surface area contributed by atoms with Gasteiger partial charge in [-0.2, -0.15) is 0 Å². The molecular weight excluding hydrogens is 440 g/mol. The molecule has 0 aromatic heterocycles. The maximum atomic E-state index is 11.0. The van der Waals surface area contributed by atoms with Crippen LogP contribution in [0.3, 0.4) is 0 Å². The van der Waals surface area contributed by atoms with Gasteiger partial charge in [-0.3, -0.25) is 4.79 Å². The molecule has 184 valence electrons. The molecule has 1 N–H and O–H groups in total. The third-order valence-electron chi connectivity index (χ3n) is 6.77. The third-order valence-corrected chi connectivity index (χ3v) is 6.77. The molecule has 1 unspecified atom stereocenters. The van der Waals surface area contributed by atoms with Crippen molar-refractivity contribution in [1.29, 1.82) is 0 Å². The van der Waals surface area contributed by atoms with Crippen LogP contribution in [-0.4, -0.2) is 24.3 Å². The average Bonchev–Trinajstić information content (AvgIpc) is 3.25. The molecule has 1 aliphatic heterocycles. The van der Waals surface area contributed by atoms with E-state index in [1.165, 1.54) is 11.1 Å². The first-order chi connectivity index (χ1) is 17.0. The number of benzene rings is 3. The van der Waals surface area contributed by atoms with E-state index in [-0.39, 0.29) is 12.3 Å². The molecular formula is C30H34O5. The molecule has 0 radical (unpaired) electrons. The molecule has 0 bridgehead atoms. The van der Waals surface area contributed by atoms with Gasteiger partial charge < -0.3 is 19.3 Å². The quantitative estimate of drug-likeness (QED) is 0.324. The second-order valence-electron chi connectivity index (χ2n) is 9.26. The van der Waals surface area contributed by atoms with Crippen LogP contribution < -0.4 is 14.2 Å². The minimum atomic E-state index is -0.814. The topological polar surface area (TPSA) is 65.0 Å². The van der Waals surface area contributed by atoms with Gasteiger partial charge in [0.25, 0.3) is 0 Å². The number of hydrogen-bond donors (Lipinski definition) is 1. The van der Waals surface area contributed by atoms with E-state index in [0.717, 1.165) is 41.9 Å². The smallest absolute Gasteiger partial charge is 0.304 e. The van der Waals surface area contributed by atoms with Gasteiger partial charge in [-0.05, 0) is 59.4 Å². The Morgan fingerprint density at radius 3 is 2.54 bits per heavy atom. The van der Waals surface area contributed by atoms with Crippen molar-refractivity contribution in [2.75, 3.05) is 13.2 Å². The number of hydrogen-bond acceptors (Lipinski definition) is 4. The lowest BCUT2D eigenvalue weighted by molar-refractivity contribution is -0.137. The van der Waals surface area contributed by atoms with Crippen molar-refractivity contribution in [3.05, 3.63) is 77.4 Å². The number of carboxylic acid groups (broad SMARTS) is 1. The summed E-state index contributed by atoms with van der Waals surface area (Å²) in [5.41, 5.74) is 5.50. The van der Waals surface area contributed by atoms with Gasteiger partial charge in [-0.15, -0.1) is 0 Å². The fraction of sp³-hybridized carbons (Fsp3) is 0.367. The van der Waals surface area contributed by atoms with E-state index in [1.807, 2.05) is 24.3 Å².